The van der Waals surface area contributed by atoms with Crippen molar-refractivity contribution in [1.29, 1.82) is 0 Å². The third kappa shape index (κ3) is 5.59. The number of nitrogens with one attached hydrogen (secondary N) is 1. The molecule has 0 bridgehead atoms. The molecule has 2 rings (SSSR count). The Hall–Kier alpha value is -1.31. The lowest BCUT2D eigenvalue weighted by Crippen LogP contribution is -2.51. The molecule has 1 N–H and O–H groups in total. The van der Waals surface area contributed by atoms with Gasteiger partial charge in [-0.3, -0.25) is 9.59 Å². The van der Waals surface area contributed by atoms with E-state index < -0.39 is 15.9 Å². The van der Waals surface area contributed by atoms with Gasteiger partial charge in [-0.05, 0) is 25.0 Å². The van der Waals surface area contributed by atoms with E-state index in [9.17, 15) is 18.0 Å². The summed E-state index contributed by atoms with van der Waals surface area (Å²) in [5.74, 6) is -0.621. The zero-order valence-electron chi connectivity index (χ0n) is 13.8. The Labute approximate surface area is 157 Å². The Kier molecular flexibility index (Phi) is 6.71. The Morgan fingerprint density at radius 3 is 2.52 bits per heavy atom. The molecule has 1 atom stereocenters. The minimum atomic E-state index is -3.05. The van der Waals surface area contributed by atoms with Crippen molar-refractivity contribution in [3.05, 3.63) is 33.8 Å². The molecule has 1 aliphatic rings. The first kappa shape index (κ1) is 20.0. The molecule has 0 aliphatic carbocycles. The summed E-state index contributed by atoms with van der Waals surface area (Å²) >= 11 is 12.0. The molecule has 6 nitrogen and oxygen atoms in total. The normalized spacial score (nSPS) is 17.8. The van der Waals surface area contributed by atoms with E-state index >= 15 is 0 Å². The molecule has 1 unspecified atom stereocenters. The standard InChI is InChI=1S/C16H20Cl2N2O4S/c1-11(16(22)20-7-9-25(23,24)10-8-20)19-14(21)6-5-12-3-2-4-13(17)15(12)18/h2-4,11H,5-10H2,1H3,(H,19,21). The molecule has 1 fully saturated rings. The molecule has 1 aromatic rings. The minimum absolute atomic E-state index is 0.0350. The van der Waals surface area contributed by atoms with Crippen molar-refractivity contribution in [3.63, 3.8) is 0 Å². The molecule has 1 aromatic carbocycles. The van der Waals surface area contributed by atoms with Crippen LogP contribution in [0.1, 0.15) is 18.9 Å². The lowest BCUT2D eigenvalue weighted by Gasteiger charge is -2.29. The highest BCUT2D eigenvalue weighted by atomic mass is 35.5. The van der Waals surface area contributed by atoms with E-state index in [4.69, 9.17) is 23.2 Å². The van der Waals surface area contributed by atoms with Gasteiger partial charge in [0.15, 0.2) is 9.84 Å². The molecule has 0 saturated carbocycles. The van der Waals surface area contributed by atoms with Crippen LogP contribution in [0.5, 0.6) is 0 Å². The molecule has 25 heavy (non-hydrogen) atoms. The van der Waals surface area contributed by atoms with Crippen LogP contribution in [-0.4, -0.2) is 55.8 Å². The number of benzene rings is 1. The molecular formula is C16H20Cl2N2O4S. The van der Waals surface area contributed by atoms with Crippen molar-refractivity contribution in [1.82, 2.24) is 10.2 Å². The van der Waals surface area contributed by atoms with Crippen LogP contribution in [0.25, 0.3) is 0 Å². The number of rotatable bonds is 5. The first-order valence-corrected chi connectivity index (χ1v) is 10.5. The lowest BCUT2D eigenvalue weighted by molar-refractivity contribution is -0.135. The van der Waals surface area contributed by atoms with Crippen molar-refractivity contribution in [3.8, 4) is 0 Å². The maximum atomic E-state index is 12.3. The van der Waals surface area contributed by atoms with Crippen molar-refractivity contribution in [2.45, 2.75) is 25.8 Å². The van der Waals surface area contributed by atoms with Crippen molar-refractivity contribution >= 4 is 44.9 Å². The molecule has 2 amide bonds. The van der Waals surface area contributed by atoms with E-state index in [0.29, 0.717) is 16.5 Å². The highest BCUT2D eigenvalue weighted by molar-refractivity contribution is 7.91. The van der Waals surface area contributed by atoms with E-state index in [-0.39, 0.29) is 42.8 Å². The first-order valence-electron chi connectivity index (χ1n) is 7.91. The average molecular weight is 407 g/mol. The van der Waals surface area contributed by atoms with Crippen LogP contribution in [0.2, 0.25) is 10.0 Å². The second-order valence-electron chi connectivity index (χ2n) is 5.98. The van der Waals surface area contributed by atoms with Crippen LogP contribution in [-0.2, 0) is 25.8 Å². The summed E-state index contributed by atoms with van der Waals surface area (Å²) < 4.78 is 22.8. The molecule has 9 heteroatoms. The van der Waals surface area contributed by atoms with E-state index in [1.54, 1.807) is 25.1 Å². The smallest absolute Gasteiger partial charge is 0.244 e. The molecule has 0 radical (unpaired) electrons. The van der Waals surface area contributed by atoms with Crippen molar-refractivity contribution in [2.75, 3.05) is 24.6 Å². The van der Waals surface area contributed by atoms with Gasteiger partial charge in [0, 0.05) is 19.5 Å². The Morgan fingerprint density at radius 1 is 1.24 bits per heavy atom. The highest BCUT2D eigenvalue weighted by Gasteiger charge is 2.28. The number of hydrogen-bond acceptors (Lipinski definition) is 4. The average Bonchev–Trinajstić information content (AvgIpc) is 2.55. The largest absolute Gasteiger partial charge is 0.345 e. The maximum Gasteiger partial charge on any atom is 0.244 e. The molecule has 0 spiro atoms. The van der Waals surface area contributed by atoms with Gasteiger partial charge >= 0.3 is 0 Å². The van der Waals surface area contributed by atoms with Gasteiger partial charge in [-0.15, -0.1) is 0 Å². The van der Waals surface area contributed by atoms with Crippen LogP contribution >= 0.6 is 23.2 Å². The summed E-state index contributed by atoms with van der Waals surface area (Å²) in [6, 6.07) is 4.53. The van der Waals surface area contributed by atoms with Crippen LogP contribution in [0.3, 0.4) is 0 Å². The van der Waals surface area contributed by atoms with Crippen LogP contribution in [0, 0.1) is 0 Å². The zero-order valence-corrected chi connectivity index (χ0v) is 16.1. The minimum Gasteiger partial charge on any atom is -0.345 e. The van der Waals surface area contributed by atoms with E-state index in [0.717, 1.165) is 5.56 Å². The van der Waals surface area contributed by atoms with Gasteiger partial charge in [-0.2, -0.15) is 0 Å². The fourth-order valence-corrected chi connectivity index (χ4v) is 4.19. The summed E-state index contributed by atoms with van der Waals surface area (Å²) in [4.78, 5) is 25.8. The number of halogens is 2. The number of amides is 2. The Morgan fingerprint density at radius 2 is 1.88 bits per heavy atom. The van der Waals surface area contributed by atoms with Crippen molar-refractivity contribution < 1.29 is 18.0 Å². The highest BCUT2D eigenvalue weighted by Crippen LogP contribution is 2.26. The quantitative estimate of drug-likeness (QED) is 0.805. The van der Waals surface area contributed by atoms with Gasteiger partial charge < -0.3 is 10.2 Å². The number of sulfone groups is 1. The molecule has 1 heterocycles. The molecule has 1 aliphatic heterocycles. The third-order valence-electron chi connectivity index (χ3n) is 4.06. The summed E-state index contributed by atoms with van der Waals surface area (Å²) in [7, 11) is -3.05. The number of hydrogen-bond donors (Lipinski definition) is 1. The van der Waals surface area contributed by atoms with Crippen LogP contribution < -0.4 is 5.32 Å². The topological polar surface area (TPSA) is 83.6 Å². The summed E-state index contributed by atoms with van der Waals surface area (Å²) in [6.07, 6.45) is 0.583. The number of aryl methyl sites for hydroxylation is 1. The fraction of sp³-hybridized carbons (Fsp3) is 0.500. The van der Waals surface area contributed by atoms with E-state index in [1.807, 2.05) is 0 Å². The van der Waals surface area contributed by atoms with E-state index in [2.05, 4.69) is 5.32 Å². The molecule has 138 valence electrons. The van der Waals surface area contributed by atoms with Gasteiger partial charge in [0.05, 0.1) is 21.6 Å². The van der Waals surface area contributed by atoms with Gasteiger partial charge in [-0.1, -0.05) is 35.3 Å². The molecule has 1 saturated heterocycles. The SMILES string of the molecule is CC(NC(=O)CCc1cccc(Cl)c1Cl)C(=O)N1CCS(=O)(=O)CC1. The molecule has 0 aromatic heterocycles. The second-order valence-corrected chi connectivity index (χ2v) is 9.07. The molecular weight excluding hydrogens is 387 g/mol. The van der Waals surface area contributed by atoms with Crippen molar-refractivity contribution in [2.24, 2.45) is 0 Å². The predicted molar refractivity (Wildman–Crippen MR) is 97.6 cm³/mol. The summed E-state index contributed by atoms with van der Waals surface area (Å²) in [5.41, 5.74) is 0.768. The second kappa shape index (κ2) is 8.38. The predicted octanol–water partition coefficient (Wildman–Crippen LogP) is 1.69. The first-order chi connectivity index (χ1) is 11.7. The Balaban J connectivity index is 1.83. The van der Waals surface area contributed by atoms with Gasteiger partial charge in [0.1, 0.15) is 6.04 Å². The number of carbonyl (C=O) groups is 2. The lowest BCUT2D eigenvalue weighted by atomic mass is 10.1. The fourth-order valence-electron chi connectivity index (χ4n) is 2.57. The maximum absolute atomic E-state index is 12.3. The number of carbonyl (C=O) groups excluding carboxylic acids is 2. The third-order valence-corrected chi connectivity index (χ3v) is 6.52. The zero-order chi connectivity index (χ0) is 18.6. The van der Waals surface area contributed by atoms with E-state index in [1.165, 1.54) is 4.90 Å². The summed E-state index contributed by atoms with van der Waals surface area (Å²) in [6.45, 7) is 1.93. The Bertz CT molecular complexity index is 753. The van der Waals surface area contributed by atoms with Crippen LogP contribution in [0.4, 0.5) is 0 Å². The monoisotopic (exact) mass is 406 g/mol. The van der Waals surface area contributed by atoms with Gasteiger partial charge in [0.25, 0.3) is 0 Å². The summed E-state index contributed by atoms with van der Waals surface area (Å²) in [5, 5.41) is 3.51. The van der Waals surface area contributed by atoms with Gasteiger partial charge in [-0.25, -0.2) is 8.42 Å². The van der Waals surface area contributed by atoms with Gasteiger partial charge in [0.2, 0.25) is 11.8 Å². The van der Waals surface area contributed by atoms with Crippen LogP contribution in [0.15, 0.2) is 18.2 Å². The number of nitrogens with zero attached hydrogens (tertiary/aromatic N) is 1.